The van der Waals surface area contributed by atoms with Gasteiger partial charge >= 0.3 is 5.97 Å². The highest BCUT2D eigenvalue weighted by Gasteiger charge is 2.29. The van der Waals surface area contributed by atoms with E-state index in [1.165, 1.54) is 0 Å². The van der Waals surface area contributed by atoms with Crippen LogP contribution in [0.1, 0.15) is 36.8 Å². The number of carboxylic acids is 1. The maximum absolute atomic E-state index is 12.4. The fraction of sp³-hybridized carbons (Fsp3) is 0.421. The zero-order chi connectivity index (χ0) is 20.4. The molecule has 1 atom stereocenters. The standard InChI is InChI=1S/C19H24IN3O4/c1-10(20)8-22-18(26)19(3,4)9-27-13-7-5-6-12-15(13)16(21)14(17(24)25)11(2)23-12/h5-7,10H,8-9H2,1-4H3,(H2,21,23)(H,22,26)(H,24,25). The van der Waals surface area contributed by atoms with E-state index in [2.05, 4.69) is 32.9 Å². The molecule has 1 aromatic carbocycles. The van der Waals surface area contributed by atoms with Crippen LogP contribution in [0.5, 0.6) is 5.75 Å². The SMILES string of the molecule is Cc1nc2cccc(OCC(C)(C)C(=O)NCC(C)I)c2c(N)c1C(=O)O. The molecule has 2 aromatic rings. The van der Waals surface area contributed by atoms with E-state index in [9.17, 15) is 14.7 Å². The van der Waals surface area contributed by atoms with Gasteiger partial charge in [-0.25, -0.2) is 4.79 Å². The molecule has 0 saturated heterocycles. The van der Waals surface area contributed by atoms with Crippen molar-refractivity contribution in [3.05, 3.63) is 29.5 Å². The molecule has 0 fully saturated rings. The van der Waals surface area contributed by atoms with E-state index < -0.39 is 11.4 Å². The van der Waals surface area contributed by atoms with Crippen molar-refractivity contribution in [3.63, 3.8) is 0 Å². The van der Waals surface area contributed by atoms with Gasteiger partial charge in [-0.3, -0.25) is 9.78 Å². The lowest BCUT2D eigenvalue weighted by Crippen LogP contribution is -2.42. The number of amides is 1. The van der Waals surface area contributed by atoms with Gasteiger partial charge in [0.05, 0.1) is 27.7 Å². The van der Waals surface area contributed by atoms with E-state index >= 15 is 0 Å². The number of nitrogens with zero attached hydrogens (tertiary/aromatic N) is 1. The predicted molar refractivity (Wildman–Crippen MR) is 114 cm³/mol. The number of carboxylic acid groups (broad SMARTS) is 1. The van der Waals surface area contributed by atoms with Crippen LogP contribution in [0.15, 0.2) is 18.2 Å². The van der Waals surface area contributed by atoms with Crippen LogP contribution in [0, 0.1) is 12.3 Å². The molecule has 0 radical (unpaired) electrons. The Bertz CT molecular complexity index is 881. The largest absolute Gasteiger partial charge is 0.492 e. The third kappa shape index (κ3) is 4.79. The normalized spacial score (nSPS) is 12.6. The topological polar surface area (TPSA) is 115 Å². The number of aryl methyl sites for hydroxylation is 1. The Morgan fingerprint density at radius 2 is 2.07 bits per heavy atom. The number of hydrogen-bond acceptors (Lipinski definition) is 5. The minimum Gasteiger partial charge on any atom is -0.492 e. The summed E-state index contributed by atoms with van der Waals surface area (Å²) in [5.74, 6) is -0.843. The Labute approximate surface area is 171 Å². The van der Waals surface area contributed by atoms with Crippen LogP contribution in [-0.2, 0) is 4.79 Å². The van der Waals surface area contributed by atoms with Gasteiger partial charge in [-0.2, -0.15) is 0 Å². The first-order chi connectivity index (χ1) is 12.5. The molecule has 7 nitrogen and oxygen atoms in total. The second-order valence-electron chi connectivity index (χ2n) is 7.10. The van der Waals surface area contributed by atoms with E-state index in [1.54, 1.807) is 39.0 Å². The highest BCUT2D eigenvalue weighted by molar-refractivity contribution is 14.1. The quantitative estimate of drug-likeness (QED) is 0.410. The fourth-order valence-electron chi connectivity index (χ4n) is 2.63. The third-order valence-corrected chi connectivity index (χ3v) is 4.59. The highest BCUT2D eigenvalue weighted by atomic mass is 127. The molecule has 0 bridgehead atoms. The first-order valence-electron chi connectivity index (χ1n) is 8.52. The van der Waals surface area contributed by atoms with Gasteiger partial charge < -0.3 is 20.9 Å². The number of benzene rings is 1. The molecule has 8 heteroatoms. The average Bonchev–Trinajstić information content (AvgIpc) is 2.57. The number of alkyl halides is 1. The summed E-state index contributed by atoms with van der Waals surface area (Å²) in [5, 5.41) is 12.8. The molecular weight excluding hydrogens is 461 g/mol. The predicted octanol–water partition coefficient (Wildman–Crippen LogP) is 3.17. The smallest absolute Gasteiger partial charge is 0.339 e. The number of halogens is 1. The van der Waals surface area contributed by atoms with Crippen LogP contribution < -0.4 is 15.8 Å². The molecule has 1 heterocycles. The van der Waals surface area contributed by atoms with Crippen LogP contribution >= 0.6 is 22.6 Å². The first kappa shape index (κ1) is 21.2. The maximum atomic E-state index is 12.4. The molecule has 0 spiro atoms. The van der Waals surface area contributed by atoms with Crippen molar-refractivity contribution in [2.24, 2.45) is 5.41 Å². The molecule has 0 aliphatic rings. The minimum absolute atomic E-state index is 0.0356. The van der Waals surface area contributed by atoms with Crippen LogP contribution in [0.4, 0.5) is 5.69 Å². The summed E-state index contributed by atoms with van der Waals surface area (Å²) in [6, 6.07) is 5.20. The number of ether oxygens (including phenoxy) is 1. The molecule has 0 aliphatic heterocycles. The van der Waals surface area contributed by atoms with Crippen LogP contribution in [0.2, 0.25) is 0 Å². The lowest BCUT2D eigenvalue weighted by atomic mass is 9.93. The summed E-state index contributed by atoms with van der Waals surface area (Å²) >= 11 is 2.24. The summed E-state index contributed by atoms with van der Waals surface area (Å²) in [6.07, 6.45) is 0. The van der Waals surface area contributed by atoms with E-state index in [0.29, 0.717) is 32.8 Å². The molecule has 0 saturated carbocycles. The van der Waals surface area contributed by atoms with Gasteiger partial charge in [-0.05, 0) is 32.9 Å². The van der Waals surface area contributed by atoms with Gasteiger partial charge in [0.1, 0.15) is 17.9 Å². The molecule has 1 aromatic heterocycles. The molecular formula is C19H24IN3O4. The van der Waals surface area contributed by atoms with E-state index in [-0.39, 0.29) is 23.8 Å². The van der Waals surface area contributed by atoms with E-state index in [0.717, 1.165) is 0 Å². The number of nitrogens with one attached hydrogen (secondary N) is 1. The summed E-state index contributed by atoms with van der Waals surface area (Å²) < 4.78 is 6.22. The van der Waals surface area contributed by atoms with E-state index in [4.69, 9.17) is 10.5 Å². The second-order valence-corrected chi connectivity index (χ2v) is 9.23. The maximum Gasteiger partial charge on any atom is 0.339 e. The Morgan fingerprint density at radius 3 is 2.67 bits per heavy atom. The highest BCUT2D eigenvalue weighted by Crippen LogP contribution is 2.34. The molecule has 0 aliphatic carbocycles. The van der Waals surface area contributed by atoms with Gasteiger partial charge in [0.2, 0.25) is 5.91 Å². The summed E-state index contributed by atoms with van der Waals surface area (Å²) in [5.41, 5.74) is 6.32. The lowest BCUT2D eigenvalue weighted by Gasteiger charge is -2.25. The van der Waals surface area contributed by atoms with Gasteiger partial charge in [-0.1, -0.05) is 35.6 Å². The van der Waals surface area contributed by atoms with Crippen molar-refractivity contribution < 1.29 is 19.4 Å². The molecule has 1 unspecified atom stereocenters. The van der Waals surface area contributed by atoms with Crippen LogP contribution in [-0.4, -0.2) is 39.0 Å². The Kier molecular flexibility index (Phi) is 6.50. The van der Waals surface area contributed by atoms with Crippen molar-refractivity contribution in [2.75, 3.05) is 18.9 Å². The number of rotatable bonds is 7. The average molecular weight is 485 g/mol. The van der Waals surface area contributed by atoms with Gasteiger partial charge in [0, 0.05) is 10.5 Å². The van der Waals surface area contributed by atoms with Crippen molar-refractivity contribution >= 4 is 51.1 Å². The first-order valence-corrected chi connectivity index (χ1v) is 9.76. The van der Waals surface area contributed by atoms with Crippen LogP contribution in [0.3, 0.4) is 0 Å². The Hall–Kier alpha value is -2.10. The summed E-state index contributed by atoms with van der Waals surface area (Å²) in [7, 11) is 0. The molecule has 27 heavy (non-hydrogen) atoms. The number of aromatic carboxylic acids is 1. The summed E-state index contributed by atoms with van der Waals surface area (Å²) in [6.45, 7) is 7.89. The molecule has 2 rings (SSSR count). The fourth-order valence-corrected chi connectivity index (χ4v) is 2.85. The number of aromatic nitrogens is 1. The minimum atomic E-state index is -1.14. The summed E-state index contributed by atoms with van der Waals surface area (Å²) in [4.78, 5) is 28.2. The van der Waals surface area contributed by atoms with Gasteiger partial charge in [-0.15, -0.1) is 0 Å². The lowest BCUT2D eigenvalue weighted by molar-refractivity contribution is -0.130. The zero-order valence-electron chi connectivity index (χ0n) is 15.8. The number of carbonyl (C=O) groups excluding carboxylic acids is 1. The van der Waals surface area contributed by atoms with Gasteiger partial charge in [0.25, 0.3) is 0 Å². The number of pyridine rings is 1. The van der Waals surface area contributed by atoms with Crippen molar-refractivity contribution in [3.8, 4) is 5.75 Å². The number of nitrogens with two attached hydrogens (primary N) is 1. The number of carbonyl (C=O) groups is 2. The molecule has 146 valence electrons. The van der Waals surface area contributed by atoms with Crippen molar-refractivity contribution in [1.82, 2.24) is 10.3 Å². The third-order valence-electron chi connectivity index (χ3n) is 4.15. The Morgan fingerprint density at radius 1 is 1.41 bits per heavy atom. The zero-order valence-corrected chi connectivity index (χ0v) is 18.0. The number of hydrogen-bond donors (Lipinski definition) is 3. The number of fused-ring (bicyclic) bond motifs is 1. The number of anilines is 1. The second kappa shape index (κ2) is 8.28. The number of nitrogen functional groups attached to an aromatic ring is 1. The molecule has 1 amide bonds. The Balaban J connectivity index is 2.33. The van der Waals surface area contributed by atoms with Crippen molar-refractivity contribution in [2.45, 2.75) is 31.6 Å². The monoisotopic (exact) mass is 485 g/mol. The van der Waals surface area contributed by atoms with Gasteiger partial charge in [0.15, 0.2) is 0 Å². The van der Waals surface area contributed by atoms with Crippen LogP contribution in [0.25, 0.3) is 10.9 Å². The van der Waals surface area contributed by atoms with Crippen molar-refractivity contribution in [1.29, 1.82) is 0 Å². The molecule has 4 N–H and O–H groups in total. The van der Waals surface area contributed by atoms with E-state index in [1.807, 2.05) is 6.92 Å².